The molecule has 1 atom stereocenters. The maximum Gasteiger partial charge on any atom is 0.0713 e. The molecule has 0 N–H and O–H groups in total. The van der Waals surface area contributed by atoms with E-state index < -0.39 is 5.41 Å². The van der Waals surface area contributed by atoms with Crippen molar-refractivity contribution in [2.45, 2.75) is 17.8 Å². The van der Waals surface area contributed by atoms with Gasteiger partial charge in [0.05, 0.1) is 16.8 Å². The highest BCUT2D eigenvalue weighted by molar-refractivity contribution is 6.03. The molecule has 0 fully saturated rings. The average molecular weight is 790 g/mol. The van der Waals surface area contributed by atoms with E-state index in [0.29, 0.717) is 0 Å². The van der Waals surface area contributed by atoms with Crippen molar-refractivity contribution in [3.63, 3.8) is 0 Å². The first-order chi connectivity index (χ1) is 30.7. The Morgan fingerprint density at radius 3 is 1.58 bits per heavy atom. The topological polar surface area (TPSA) is 3.24 Å². The number of benzene rings is 10. The van der Waals surface area contributed by atoms with Gasteiger partial charge in [0.1, 0.15) is 0 Å². The zero-order chi connectivity index (χ0) is 41.3. The van der Waals surface area contributed by atoms with Crippen LogP contribution in [0, 0.1) is 0 Å². The molecule has 1 heteroatoms. The summed E-state index contributed by atoms with van der Waals surface area (Å²) in [5.41, 5.74) is 19.3. The van der Waals surface area contributed by atoms with Crippen molar-refractivity contribution < 1.29 is 0 Å². The van der Waals surface area contributed by atoms with Gasteiger partial charge < -0.3 is 4.90 Å². The maximum atomic E-state index is 2.49. The Bertz CT molecular complexity index is 3250. The van der Waals surface area contributed by atoms with Gasteiger partial charge >= 0.3 is 0 Å². The van der Waals surface area contributed by atoms with Crippen molar-refractivity contribution in [2.24, 2.45) is 0 Å². The van der Waals surface area contributed by atoms with Gasteiger partial charge in [0, 0.05) is 22.1 Å². The van der Waals surface area contributed by atoms with Crippen molar-refractivity contribution in [2.75, 3.05) is 4.90 Å². The van der Waals surface area contributed by atoms with Crippen LogP contribution in [0.15, 0.2) is 243 Å². The number of hydrogen-bond donors (Lipinski definition) is 0. The zero-order valence-electron chi connectivity index (χ0n) is 34.5. The molecule has 0 heterocycles. The quantitative estimate of drug-likeness (QED) is 0.155. The molecule has 1 nitrogen and oxygen atoms in total. The first-order valence-corrected chi connectivity index (χ1v) is 21.7. The van der Waals surface area contributed by atoms with Crippen LogP contribution in [-0.4, -0.2) is 0 Å². The van der Waals surface area contributed by atoms with E-state index in [-0.39, 0.29) is 5.41 Å². The van der Waals surface area contributed by atoms with Crippen molar-refractivity contribution in [3.05, 3.63) is 282 Å². The summed E-state index contributed by atoms with van der Waals surface area (Å²) in [6.07, 6.45) is 0. The van der Waals surface area contributed by atoms with Gasteiger partial charge in [0.2, 0.25) is 0 Å². The molecule has 0 aromatic heterocycles. The lowest BCUT2D eigenvalue weighted by Crippen LogP contribution is -2.28. The fourth-order valence-corrected chi connectivity index (χ4v) is 11.0. The molecule has 10 aromatic carbocycles. The third kappa shape index (κ3) is 5.22. The van der Waals surface area contributed by atoms with Crippen molar-refractivity contribution in [1.29, 1.82) is 0 Å². The summed E-state index contributed by atoms with van der Waals surface area (Å²) in [5, 5.41) is 2.43. The molecule has 0 saturated heterocycles. The van der Waals surface area contributed by atoms with E-state index in [0.717, 1.165) is 11.4 Å². The summed E-state index contributed by atoms with van der Waals surface area (Å²) < 4.78 is 0. The lowest BCUT2D eigenvalue weighted by molar-refractivity contribution is 0.714. The van der Waals surface area contributed by atoms with Crippen LogP contribution in [0.4, 0.5) is 17.1 Å². The predicted molar refractivity (Wildman–Crippen MR) is 259 cm³/mol. The first kappa shape index (κ1) is 36.1. The lowest BCUT2D eigenvalue weighted by Gasteiger charge is -2.34. The highest BCUT2D eigenvalue weighted by Gasteiger charge is 2.46. The second-order valence-corrected chi connectivity index (χ2v) is 16.9. The Labute approximate surface area is 363 Å². The maximum absolute atomic E-state index is 2.49. The molecule has 12 rings (SSSR count). The third-order valence-corrected chi connectivity index (χ3v) is 13.8. The summed E-state index contributed by atoms with van der Waals surface area (Å²) in [7, 11) is 0. The van der Waals surface area contributed by atoms with Crippen LogP contribution in [-0.2, 0) is 10.8 Å². The van der Waals surface area contributed by atoms with E-state index in [1.54, 1.807) is 0 Å². The first-order valence-electron chi connectivity index (χ1n) is 21.7. The summed E-state index contributed by atoms with van der Waals surface area (Å²) >= 11 is 0. The number of nitrogens with zero attached hydrogens (tertiary/aromatic N) is 1. The SMILES string of the molecule is CC1(c2ccccc2)c2ccccc2-c2c(N(c3ccc(-c4ccc5c(c4)C(c4ccccc4)(c4ccccc4)c4ccccc4-5)cc3)c3cccc4ccccc34)cccc21. The molecular weight excluding hydrogens is 747 g/mol. The van der Waals surface area contributed by atoms with Gasteiger partial charge in [0.15, 0.2) is 0 Å². The summed E-state index contributed by atoms with van der Waals surface area (Å²) in [6, 6.07) is 89.8. The molecule has 2 aliphatic rings. The number of anilines is 3. The van der Waals surface area contributed by atoms with Gasteiger partial charge in [-0.3, -0.25) is 0 Å². The Hall–Kier alpha value is -7.74. The van der Waals surface area contributed by atoms with Crippen LogP contribution in [0.2, 0.25) is 0 Å². The summed E-state index contributed by atoms with van der Waals surface area (Å²) in [5.74, 6) is 0. The molecular formula is C61H43N. The van der Waals surface area contributed by atoms with E-state index >= 15 is 0 Å². The second kappa shape index (κ2) is 14.2. The van der Waals surface area contributed by atoms with E-state index in [1.807, 2.05) is 0 Å². The van der Waals surface area contributed by atoms with Gasteiger partial charge in [-0.05, 0) is 109 Å². The molecule has 292 valence electrons. The Morgan fingerprint density at radius 1 is 0.339 bits per heavy atom. The highest BCUT2D eigenvalue weighted by Crippen LogP contribution is 2.58. The van der Waals surface area contributed by atoms with Gasteiger partial charge in [-0.25, -0.2) is 0 Å². The molecule has 0 bridgehead atoms. The van der Waals surface area contributed by atoms with Crippen LogP contribution >= 0.6 is 0 Å². The monoisotopic (exact) mass is 789 g/mol. The molecule has 62 heavy (non-hydrogen) atoms. The Morgan fingerprint density at radius 2 is 0.855 bits per heavy atom. The van der Waals surface area contributed by atoms with E-state index in [4.69, 9.17) is 0 Å². The fourth-order valence-electron chi connectivity index (χ4n) is 11.0. The largest absolute Gasteiger partial charge is 0.309 e. The number of fused-ring (bicyclic) bond motifs is 7. The van der Waals surface area contributed by atoms with E-state index in [2.05, 4.69) is 254 Å². The van der Waals surface area contributed by atoms with Crippen LogP contribution < -0.4 is 4.90 Å². The van der Waals surface area contributed by atoms with E-state index in [1.165, 1.54) is 88.8 Å². The van der Waals surface area contributed by atoms with Gasteiger partial charge in [-0.2, -0.15) is 0 Å². The Kier molecular flexibility index (Phi) is 8.27. The normalized spacial score (nSPS) is 15.4. The van der Waals surface area contributed by atoms with Crippen LogP contribution in [0.5, 0.6) is 0 Å². The minimum Gasteiger partial charge on any atom is -0.309 e. The summed E-state index contributed by atoms with van der Waals surface area (Å²) in [4.78, 5) is 2.49. The smallest absolute Gasteiger partial charge is 0.0713 e. The van der Waals surface area contributed by atoms with Crippen molar-refractivity contribution >= 4 is 27.8 Å². The molecule has 0 radical (unpaired) electrons. The molecule has 0 aliphatic heterocycles. The van der Waals surface area contributed by atoms with Crippen molar-refractivity contribution in [3.8, 4) is 33.4 Å². The Balaban J connectivity index is 1.04. The molecule has 0 amide bonds. The highest BCUT2D eigenvalue weighted by atomic mass is 15.1. The minimum atomic E-state index is -0.451. The second-order valence-electron chi connectivity index (χ2n) is 16.9. The molecule has 2 aliphatic carbocycles. The van der Waals surface area contributed by atoms with Gasteiger partial charge in [0.25, 0.3) is 0 Å². The zero-order valence-corrected chi connectivity index (χ0v) is 34.5. The summed E-state index contributed by atoms with van der Waals surface area (Å²) in [6.45, 7) is 2.40. The number of rotatable bonds is 7. The molecule has 10 aromatic rings. The number of hydrogen-bond acceptors (Lipinski definition) is 1. The predicted octanol–water partition coefficient (Wildman–Crippen LogP) is 15.7. The molecule has 0 saturated carbocycles. The van der Waals surface area contributed by atoms with Crippen molar-refractivity contribution in [1.82, 2.24) is 0 Å². The van der Waals surface area contributed by atoms with Gasteiger partial charge in [-0.1, -0.05) is 212 Å². The van der Waals surface area contributed by atoms with Crippen LogP contribution in [0.1, 0.15) is 45.9 Å². The minimum absolute atomic E-state index is 0.306. The van der Waals surface area contributed by atoms with Gasteiger partial charge in [-0.15, -0.1) is 0 Å². The standard InChI is InChI=1S/C61H43N/c1-60(45-21-5-2-6-22-45)53-30-15-14-29-52(53)59-55(60)32-18-34-58(59)62(57-33-17-20-43-19-11-12-27-49(43)57)48-38-35-42(36-39-48)44-37-40-51-50-28-13-16-31-54(50)61(56(51)41-44,46-23-7-3-8-24-46)47-25-9-4-10-26-47/h2-41H,1H3. The third-order valence-electron chi connectivity index (χ3n) is 13.8. The van der Waals surface area contributed by atoms with E-state index in [9.17, 15) is 0 Å². The molecule has 0 spiro atoms. The van der Waals surface area contributed by atoms with Crippen LogP contribution in [0.3, 0.4) is 0 Å². The fraction of sp³-hybridized carbons (Fsp3) is 0.0492. The average Bonchev–Trinajstić information content (AvgIpc) is 3.80. The lowest BCUT2D eigenvalue weighted by atomic mass is 9.67. The van der Waals surface area contributed by atoms with Crippen LogP contribution in [0.25, 0.3) is 44.2 Å². The molecule has 1 unspecified atom stereocenters.